The van der Waals surface area contributed by atoms with Gasteiger partial charge in [-0.25, -0.2) is 0 Å². The first-order valence-corrected chi connectivity index (χ1v) is 19.3. The van der Waals surface area contributed by atoms with E-state index in [1.165, 1.54) is 55.2 Å². The number of anilines is 2. The van der Waals surface area contributed by atoms with Gasteiger partial charge in [-0.05, 0) is 87.5 Å². The predicted octanol–water partition coefficient (Wildman–Crippen LogP) is 12.8. The van der Waals surface area contributed by atoms with Crippen LogP contribution in [0.1, 0.15) is 48.1 Å². The maximum atomic E-state index is 6.93. The molecule has 8 aromatic rings. The number of aromatic nitrogens is 1. The van der Waals surface area contributed by atoms with Gasteiger partial charge in [0.05, 0.1) is 28.7 Å². The van der Waals surface area contributed by atoms with Crippen LogP contribution in [0.3, 0.4) is 0 Å². The minimum atomic E-state index is -0.739. The summed E-state index contributed by atoms with van der Waals surface area (Å²) in [4.78, 5) is 2.43. The van der Waals surface area contributed by atoms with Crippen LogP contribution in [-0.2, 0) is 10.8 Å². The minimum Gasteiger partial charge on any atom is -0.493 e. The fourth-order valence-electron chi connectivity index (χ4n) is 10.1. The van der Waals surface area contributed by atoms with Gasteiger partial charge in [0.15, 0.2) is 0 Å². The molecule has 0 saturated heterocycles. The molecule has 3 heterocycles. The molecule has 1 atom stereocenters. The Morgan fingerprint density at radius 3 is 2.13 bits per heavy atom. The van der Waals surface area contributed by atoms with Crippen LogP contribution in [0, 0.1) is 0 Å². The first kappa shape index (κ1) is 31.9. The Bertz CT molecular complexity index is 2910. The molecule has 11 rings (SSSR count). The smallest absolute Gasteiger partial charge is 0.124 e. The van der Waals surface area contributed by atoms with Crippen LogP contribution in [0.2, 0.25) is 0 Å². The van der Waals surface area contributed by atoms with E-state index in [1.54, 1.807) is 0 Å². The van der Waals surface area contributed by atoms with Crippen molar-refractivity contribution in [2.24, 2.45) is 0 Å². The molecular weight excluding hydrogens is 669 g/mol. The van der Waals surface area contributed by atoms with E-state index in [9.17, 15) is 0 Å². The molecule has 1 spiro atoms. The van der Waals surface area contributed by atoms with Crippen molar-refractivity contribution in [3.05, 3.63) is 216 Å². The molecule has 55 heavy (non-hydrogen) atoms. The number of benzene rings is 7. The average Bonchev–Trinajstić information content (AvgIpc) is 3.70. The quantitative estimate of drug-likeness (QED) is 0.182. The summed E-state index contributed by atoms with van der Waals surface area (Å²) in [5, 5.41) is 2.49. The molecule has 3 nitrogen and oxygen atoms in total. The van der Waals surface area contributed by atoms with Crippen LogP contribution in [0.5, 0.6) is 5.75 Å². The molecular formula is C52H40N2O. The number of ether oxygens (including phenoxy) is 1. The van der Waals surface area contributed by atoms with Gasteiger partial charge < -0.3 is 14.2 Å². The number of allylic oxidation sites excluding steroid dienone is 2. The lowest BCUT2D eigenvalue weighted by molar-refractivity contribution is 0.316. The first-order chi connectivity index (χ1) is 27.0. The normalized spacial score (nSPS) is 18.6. The predicted molar refractivity (Wildman–Crippen MR) is 227 cm³/mol. The monoisotopic (exact) mass is 708 g/mol. The van der Waals surface area contributed by atoms with E-state index in [2.05, 4.69) is 193 Å². The lowest BCUT2D eigenvalue weighted by Crippen LogP contribution is -2.36. The van der Waals surface area contributed by atoms with Gasteiger partial charge >= 0.3 is 0 Å². The van der Waals surface area contributed by atoms with Crippen molar-refractivity contribution in [2.45, 2.75) is 31.1 Å². The number of rotatable bonds is 3. The van der Waals surface area contributed by atoms with Gasteiger partial charge in [0.25, 0.3) is 0 Å². The standard InChI is InChI=1S/C52H40N2O/c1-34-32-37(53(35-16-5-4-6-17-35)36-28-29-39-38-18-7-9-21-42(38)51(2,3)46(39)33-36)30-31-55-49-27-14-11-23-44(49)52(34)43-22-10-13-26-48(43)54-47-25-12-8-19-40(47)41-20-15-24-45(52)50(41)54/h4-29,32-33H,1,30-31H2,2-3H3/b37-32+. The van der Waals surface area contributed by atoms with E-state index in [4.69, 9.17) is 11.3 Å². The second-order valence-electron chi connectivity index (χ2n) is 15.6. The van der Waals surface area contributed by atoms with Crippen molar-refractivity contribution in [3.8, 4) is 22.6 Å². The Balaban J connectivity index is 1.19. The van der Waals surface area contributed by atoms with Crippen molar-refractivity contribution < 1.29 is 4.74 Å². The van der Waals surface area contributed by atoms with Crippen molar-refractivity contribution in [2.75, 3.05) is 11.5 Å². The molecule has 264 valence electrons. The summed E-state index contributed by atoms with van der Waals surface area (Å²) in [5.41, 5.74) is 16.0. The molecule has 0 amide bonds. The summed E-state index contributed by atoms with van der Waals surface area (Å²) in [7, 11) is 0. The van der Waals surface area contributed by atoms with Crippen molar-refractivity contribution in [1.29, 1.82) is 0 Å². The zero-order valence-corrected chi connectivity index (χ0v) is 31.1. The maximum Gasteiger partial charge on any atom is 0.124 e. The number of hydrogen-bond acceptors (Lipinski definition) is 2. The van der Waals surface area contributed by atoms with E-state index < -0.39 is 5.41 Å². The summed E-state index contributed by atoms with van der Waals surface area (Å²) in [6.45, 7) is 10.3. The lowest BCUT2D eigenvalue weighted by atomic mass is 9.62. The molecule has 1 aromatic heterocycles. The molecule has 3 heteroatoms. The van der Waals surface area contributed by atoms with E-state index >= 15 is 0 Å². The second kappa shape index (κ2) is 11.7. The molecule has 0 saturated carbocycles. The van der Waals surface area contributed by atoms with E-state index in [-0.39, 0.29) is 5.41 Å². The van der Waals surface area contributed by atoms with Crippen LogP contribution in [0.4, 0.5) is 11.4 Å². The highest BCUT2D eigenvalue weighted by molar-refractivity contribution is 6.12. The molecule has 1 aliphatic carbocycles. The van der Waals surface area contributed by atoms with Gasteiger partial charge in [0.2, 0.25) is 0 Å². The Kier molecular flexibility index (Phi) is 6.79. The molecule has 0 fully saturated rings. The van der Waals surface area contributed by atoms with Gasteiger partial charge in [-0.2, -0.15) is 0 Å². The van der Waals surface area contributed by atoms with E-state index in [0.29, 0.717) is 13.0 Å². The third-order valence-electron chi connectivity index (χ3n) is 12.5. The Morgan fingerprint density at radius 2 is 1.25 bits per heavy atom. The largest absolute Gasteiger partial charge is 0.493 e. The zero-order valence-electron chi connectivity index (χ0n) is 31.1. The Morgan fingerprint density at radius 1 is 0.582 bits per heavy atom. The van der Waals surface area contributed by atoms with Crippen LogP contribution >= 0.6 is 0 Å². The van der Waals surface area contributed by atoms with Crippen LogP contribution < -0.4 is 9.64 Å². The van der Waals surface area contributed by atoms with Crippen molar-refractivity contribution in [1.82, 2.24) is 4.57 Å². The number of fused-ring (bicyclic) bond motifs is 12. The maximum absolute atomic E-state index is 6.93. The Labute approximate surface area is 322 Å². The van der Waals surface area contributed by atoms with Crippen LogP contribution in [0.25, 0.3) is 38.6 Å². The van der Waals surface area contributed by atoms with E-state index in [1.807, 2.05) is 0 Å². The zero-order chi connectivity index (χ0) is 36.9. The number of nitrogens with zero attached hydrogens (tertiary/aromatic N) is 2. The van der Waals surface area contributed by atoms with Crippen LogP contribution in [0.15, 0.2) is 188 Å². The molecule has 0 bridgehead atoms. The number of para-hydroxylation sites is 5. The second-order valence-corrected chi connectivity index (χ2v) is 15.6. The molecule has 2 aliphatic heterocycles. The van der Waals surface area contributed by atoms with Crippen molar-refractivity contribution in [3.63, 3.8) is 0 Å². The Hall–Kier alpha value is -6.58. The summed E-state index contributed by atoms with van der Waals surface area (Å²) >= 11 is 0. The fraction of sp³-hybridized carbons (Fsp3) is 0.115. The van der Waals surface area contributed by atoms with Gasteiger partial charge in [-0.15, -0.1) is 0 Å². The fourth-order valence-corrected chi connectivity index (χ4v) is 10.1. The molecule has 7 aromatic carbocycles. The molecule has 0 N–H and O–H groups in total. The van der Waals surface area contributed by atoms with Gasteiger partial charge in [-0.3, -0.25) is 0 Å². The third-order valence-corrected chi connectivity index (χ3v) is 12.5. The summed E-state index contributed by atoms with van der Waals surface area (Å²) in [5.74, 6) is 0.887. The first-order valence-electron chi connectivity index (χ1n) is 19.3. The lowest BCUT2D eigenvalue weighted by Gasteiger charge is -2.42. The highest BCUT2D eigenvalue weighted by Gasteiger charge is 2.47. The van der Waals surface area contributed by atoms with Gasteiger partial charge in [-0.1, -0.05) is 142 Å². The average molecular weight is 709 g/mol. The summed E-state index contributed by atoms with van der Waals surface area (Å²) in [6, 6.07) is 59.8. The number of hydrogen-bond donors (Lipinski definition) is 0. The highest BCUT2D eigenvalue weighted by Crippen LogP contribution is 2.57. The minimum absolute atomic E-state index is 0.127. The van der Waals surface area contributed by atoms with E-state index in [0.717, 1.165) is 39.6 Å². The highest BCUT2D eigenvalue weighted by atomic mass is 16.5. The SMILES string of the molecule is C=C1/C=C(/N(c2ccccc2)c2ccc3c(c2)C(C)(C)c2ccccc2-3)CCOc2ccccc2C12c1ccccc1-n1c3ccccc3c3cccc2c31. The molecule has 3 aliphatic rings. The van der Waals surface area contributed by atoms with Gasteiger partial charge in [0, 0.05) is 45.2 Å². The topological polar surface area (TPSA) is 17.4 Å². The summed E-state index contributed by atoms with van der Waals surface area (Å²) < 4.78 is 9.40. The summed E-state index contributed by atoms with van der Waals surface area (Å²) in [6.07, 6.45) is 3.06. The van der Waals surface area contributed by atoms with Gasteiger partial charge in [0.1, 0.15) is 5.75 Å². The third kappa shape index (κ3) is 4.32. The molecule has 1 unspecified atom stereocenters. The molecule has 0 radical (unpaired) electrons. The van der Waals surface area contributed by atoms with Crippen molar-refractivity contribution >= 4 is 33.2 Å². The van der Waals surface area contributed by atoms with Crippen LogP contribution in [-0.4, -0.2) is 11.2 Å².